The molecule has 6 nitrogen and oxygen atoms in total. The molecule has 5 fully saturated rings. The molecular weight excluding hydrogens is 358 g/mol. The van der Waals surface area contributed by atoms with Crippen LogP contribution in [0.2, 0.25) is 0 Å². The van der Waals surface area contributed by atoms with Crippen LogP contribution in [0.1, 0.15) is 52.9 Å². The number of carbonyl (C=O) groups excluding carboxylic acids is 1. The summed E-state index contributed by atoms with van der Waals surface area (Å²) in [5, 5.41) is 0. The highest BCUT2D eigenvalue weighted by Gasteiger charge is 2.84. The predicted octanol–water partition coefficient (Wildman–Crippen LogP) is 3.09. The Morgan fingerprint density at radius 2 is 2.18 bits per heavy atom. The molecular formula is C22H29NO5. The number of hydrogen-bond donors (Lipinski definition) is 0. The number of hydrogen-bond acceptors (Lipinski definition) is 6. The van der Waals surface area contributed by atoms with Crippen molar-refractivity contribution in [2.45, 2.75) is 76.3 Å². The van der Waals surface area contributed by atoms with E-state index in [9.17, 15) is 4.79 Å². The van der Waals surface area contributed by atoms with Crippen molar-refractivity contribution in [3.63, 3.8) is 0 Å². The van der Waals surface area contributed by atoms with E-state index in [0.29, 0.717) is 29.1 Å². The minimum atomic E-state index is -0.558. The third-order valence-corrected chi connectivity index (χ3v) is 8.53. The van der Waals surface area contributed by atoms with Crippen molar-refractivity contribution in [2.75, 3.05) is 13.7 Å². The smallest absolute Gasteiger partial charge is 0.343 e. The fourth-order valence-corrected chi connectivity index (χ4v) is 7.64. The number of unbranched alkanes of at least 4 members (excludes halogenated alkanes) is 1. The number of nitrogens with zero attached hydrogens (tertiary/aromatic N) is 1. The van der Waals surface area contributed by atoms with Crippen LogP contribution in [0.3, 0.4) is 0 Å². The first-order valence-corrected chi connectivity index (χ1v) is 10.8. The number of methoxy groups -OCH3 is 1. The molecule has 0 radical (unpaired) electrons. The summed E-state index contributed by atoms with van der Waals surface area (Å²) in [5.41, 5.74) is 0.659. The highest BCUT2D eigenvalue weighted by atomic mass is 16.7. The lowest BCUT2D eigenvalue weighted by Crippen LogP contribution is -2.61. The Labute approximate surface area is 165 Å². The Morgan fingerprint density at radius 3 is 2.93 bits per heavy atom. The number of esters is 1. The maximum absolute atomic E-state index is 12.2. The Balaban J connectivity index is 1.46. The van der Waals surface area contributed by atoms with Gasteiger partial charge in [0.25, 0.3) is 0 Å². The minimum absolute atomic E-state index is 0.134. The van der Waals surface area contributed by atoms with E-state index < -0.39 is 5.79 Å². The molecule has 0 N–H and O–H groups in total. The van der Waals surface area contributed by atoms with Crippen LogP contribution in [0.4, 0.5) is 0 Å². The van der Waals surface area contributed by atoms with Gasteiger partial charge in [-0.3, -0.25) is 4.90 Å². The van der Waals surface area contributed by atoms with E-state index in [-0.39, 0.29) is 29.4 Å². The molecule has 0 aromatic rings. The van der Waals surface area contributed by atoms with Crippen LogP contribution in [0.5, 0.6) is 0 Å². The Morgan fingerprint density at radius 1 is 1.36 bits per heavy atom. The zero-order chi connectivity index (χ0) is 19.4. The molecule has 1 spiro atoms. The standard InChI is InChI=1S/C22H29NO5/c1-5-6-8-21-14-7-9-23(21)13-10-15(21)27-22(14)16(13)11(2)18(28-22)19-17(25-4)12(3)20(24)26-19/h11,13-16H,5-10H2,1-4H3/t11-,13-,14+,15-,16+,21-,22+/m0/s1. The second kappa shape index (κ2) is 5.33. The first-order valence-electron chi connectivity index (χ1n) is 10.8. The molecule has 6 heterocycles. The van der Waals surface area contributed by atoms with Crippen LogP contribution in [0, 0.1) is 17.8 Å². The molecule has 0 amide bonds. The fourth-order valence-electron chi connectivity index (χ4n) is 7.64. The molecule has 152 valence electrons. The van der Waals surface area contributed by atoms with Gasteiger partial charge in [0.2, 0.25) is 11.5 Å². The zero-order valence-corrected chi connectivity index (χ0v) is 17.1. The monoisotopic (exact) mass is 387 g/mol. The number of carbonyl (C=O) groups is 1. The highest BCUT2D eigenvalue weighted by Crippen LogP contribution is 2.73. The Kier molecular flexibility index (Phi) is 3.30. The van der Waals surface area contributed by atoms with E-state index in [2.05, 4.69) is 18.7 Å². The third kappa shape index (κ3) is 1.65. The SMILES string of the molecule is CCCC[C@@]12[C@@H]3C[C@H]4[C@H]5[C@H](C)C(=C6OC(=O)C(C)=C6OC)O[C@]5(O3)[C@@H]1CCN42. The summed E-state index contributed by atoms with van der Waals surface area (Å²) in [4.78, 5) is 14.9. The van der Waals surface area contributed by atoms with Crippen molar-refractivity contribution in [3.8, 4) is 0 Å². The van der Waals surface area contributed by atoms with E-state index in [1.165, 1.54) is 19.3 Å². The molecule has 5 saturated heterocycles. The van der Waals surface area contributed by atoms with Gasteiger partial charge in [0, 0.05) is 17.9 Å². The maximum Gasteiger partial charge on any atom is 0.343 e. The number of ether oxygens (including phenoxy) is 4. The Bertz CT molecular complexity index is 833. The number of allylic oxidation sites excluding steroid dienone is 1. The minimum Gasteiger partial charge on any atom is -0.492 e. The summed E-state index contributed by atoms with van der Waals surface area (Å²) in [5.74, 6) is 1.64. The average molecular weight is 387 g/mol. The van der Waals surface area contributed by atoms with Crippen molar-refractivity contribution in [1.29, 1.82) is 0 Å². The van der Waals surface area contributed by atoms with Crippen LogP contribution in [0.25, 0.3) is 0 Å². The van der Waals surface area contributed by atoms with E-state index in [4.69, 9.17) is 18.9 Å². The highest BCUT2D eigenvalue weighted by molar-refractivity contribution is 5.93. The van der Waals surface area contributed by atoms with Crippen LogP contribution >= 0.6 is 0 Å². The van der Waals surface area contributed by atoms with Gasteiger partial charge >= 0.3 is 5.97 Å². The lowest BCUT2D eigenvalue weighted by molar-refractivity contribution is -0.256. The summed E-state index contributed by atoms with van der Waals surface area (Å²) >= 11 is 0. The lowest BCUT2D eigenvalue weighted by atomic mass is 9.69. The van der Waals surface area contributed by atoms with Crippen molar-refractivity contribution in [2.24, 2.45) is 17.8 Å². The normalized spacial score (nSPS) is 52.5. The molecule has 0 saturated carbocycles. The van der Waals surface area contributed by atoms with Gasteiger partial charge in [0.1, 0.15) is 5.76 Å². The van der Waals surface area contributed by atoms with Gasteiger partial charge < -0.3 is 18.9 Å². The predicted molar refractivity (Wildman–Crippen MR) is 99.6 cm³/mol. The van der Waals surface area contributed by atoms with Gasteiger partial charge in [-0.2, -0.15) is 0 Å². The molecule has 0 aromatic heterocycles. The van der Waals surface area contributed by atoms with E-state index >= 15 is 0 Å². The lowest BCUT2D eigenvalue weighted by Gasteiger charge is -2.48. The molecule has 6 aliphatic rings. The first-order chi connectivity index (χ1) is 13.5. The zero-order valence-electron chi connectivity index (χ0n) is 17.1. The van der Waals surface area contributed by atoms with Crippen LogP contribution in [-0.2, 0) is 23.7 Å². The summed E-state index contributed by atoms with van der Waals surface area (Å²) in [7, 11) is 1.58. The van der Waals surface area contributed by atoms with Crippen LogP contribution in [-0.4, -0.2) is 48.0 Å². The topological polar surface area (TPSA) is 57.2 Å². The van der Waals surface area contributed by atoms with E-state index in [1.807, 2.05) is 0 Å². The maximum atomic E-state index is 12.2. The van der Waals surface area contributed by atoms with Crippen molar-refractivity contribution in [3.05, 3.63) is 22.9 Å². The quantitative estimate of drug-likeness (QED) is 0.691. The fraction of sp³-hybridized carbons (Fsp3) is 0.773. The molecule has 0 aliphatic carbocycles. The second-order valence-corrected chi connectivity index (χ2v) is 9.42. The first kappa shape index (κ1) is 17.3. The third-order valence-electron chi connectivity index (χ3n) is 8.53. The number of cyclic esters (lactones) is 1. The molecule has 1 unspecified atom stereocenters. The number of rotatable bonds is 4. The second-order valence-electron chi connectivity index (χ2n) is 9.42. The van der Waals surface area contributed by atoms with Crippen molar-refractivity contribution >= 4 is 5.97 Å². The van der Waals surface area contributed by atoms with Crippen molar-refractivity contribution < 1.29 is 23.7 Å². The largest absolute Gasteiger partial charge is 0.492 e. The Hall–Kier alpha value is -1.53. The summed E-state index contributed by atoms with van der Waals surface area (Å²) < 4.78 is 24.7. The summed E-state index contributed by atoms with van der Waals surface area (Å²) in [6.45, 7) is 7.37. The average Bonchev–Trinajstić information content (AvgIpc) is 3.38. The van der Waals surface area contributed by atoms with Crippen LogP contribution < -0.4 is 0 Å². The van der Waals surface area contributed by atoms with E-state index in [1.54, 1.807) is 14.0 Å². The van der Waals surface area contributed by atoms with Gasteiger partial charge in [0.15, 0.2) is 5.76 Å². The van der Waals surface area contributed by atoms with Crippen LogP contribution in [0.15, 0.2) is 22.9 Å². The molecule has 6 heteroatoms. The summed E-state index contributed by atoms with van der Waals surface area (Å²) in [6.07, 6.45) is 6.15. The van der Waals surface area contributed by atoms with Gasteiger partial charge in [-0.05, 0) is 32.7 Å². The molecule has 6 aliphatic heterocycles. The molecule has 5 bridgehead atoms. The van der Waals surface area contributed by atoms with Crippen molar-refractivity contribution in [1.82, 2.24) is 4.90 Å². The van der Waals surface area contributed by atoms with Gasteiger partial charge in [-0.25, -0.2) is 4.79 Å². The number of piperidine rings is 1. The molecule has 0 aromatic carbocycles. The molecule has 28 heavy (non-hydrogen) atoms. The number of fused-ring (bicyclic) bond motifs is 1. The molecule has 8 atom stereocenters. The van der Waals surface area contributed by atoms with Gasteiger partial charge in [-0.1, -0.05) is 26.7 Å². The molecule has 6 rings (SSSR count). The van der Waals surface area contributed by atoms with E-state index in [0.717, 1.165) is 25.1 Å². The van der Waals surface area contributed by atoms with Gasteiger partial charge in [-0.15, -0.1) is 0 Å². The summed E-state index contributed by atoms with van der Waals surface area (Å²) in [6, 6.07) is 0.496. The van der Waals surface area contributed by atoms with Gasteiger partial charge in [0.05, 0.1) is 30.2 Å².